The van der Waals surface area contributed by atoms with Crippen LogP contribution in [0.3, 0.4) is 0 Å². The lowest BCUT2D eigenvalue weighted by atomic mass is 9.96. The Morgan fingerprint density at radius 2 is 2.00 bits per heavy atom. The minimum atomic E-state index is -0.218. The molecule has 1 aliphatic carbocycles. The number of carbonyl (C=O) groups is 1. The maximum Gasteiger partial charge on any atom is 0.271 e. The van der Waals surface area contributed by atoms with Crippen molar-refractivity contribution in [1.29, 1.82) is 0 Å². The zero-order valence-corrected chi connectivity index (χ0v) is 17.4. The van der Waals surface area contributed by atoms with Crippen LogP contribution in [-0.2, 0) is 0 Å². The van der Waals surface area contributed by atoms with Crippen molar-refractivity contribution in [2.45, 2.75) is 31.3 Å². The first-order valence-corrected chi connectivity index (χ1v) is 10.8. The van der Waals surface area contributed by atoms with E-state index in [9.17, 15) is 4.79 Å². The summed E-state index contributed by atoms with van der Waals surface area (Å²) in [7, 11) is 0. The molecular formula is C23H20ClN5O2. The number of amides is 1. The van der Waals surface area contributed by atoms with Crippen LogP contribution >= 0.6 is 11.6 Å². The molecule has 7 nitrogen and oxygen atoms in total. The van der Waals surface area contributed by atoms with Crippen LogP contribution < -0.4 is 10.1 Å². The number of aromatic nitrogens is 4. The van der Waals surface area contributed by atoms with Gasteiger partial charge in [0.05, 0.1) is 29.9 Å². The van der Waals surface area contributed by atoms with Crippen molar-refractivity contribution in [3.8, 4) is 16.9 Å². The quantitative estimate of drug-likeness (QED) is 0.516. The Hall–Kier alpha value is -3.32. The molecule has 1 aromatic carbocycles. The molecule has 6 rings (SSSR count). The Balaban J connectivity index is 1.28. The fourth-order valence-corrected chi connectivity index (χ4v) is 4.22. The van der Waals surface area contributed by atoms with E-state index in [0.717, 1.165) is 22.4 Å². The number of nitrogens with zero attached hydrogens (tertiary/aromatic N) is 4. The molecule has 1 fully saturated rings. The van der Waals surface area contributed by atoms with Gasteiger partial charge in [-0.15, -0.1) is 0 Å². The van der Waals surface area contributed by atoms with Gasteiger partial charge in [-0.1, -0.05) is 17.7 Å². The van der Waals surface area contributed by atoms with Gasteiger partial charge in [0.2, 0.25) is 0 Å². The van der Waals surface area contributed by atoms with Crippen LogP contribution in [0, 0.1) is 0 Å². The monoisotopic (exact) mass is 433 g/mol. The Morgan fingerprint density at radius 1 is 1.10 bits per heavy atom. The van der Waals surface area contributed by atoms with E-state index < -0.39 is 0 Å². The predicted molar refractivity (Wildman–Crippen MR) is 116 cm³/mol. The maximum absolute atomic E-state index is 12.9. The van der Waals surface area contributed by atoms with Gasteiger partial charge in [-0.2, -0.15) is 5.10 Å². The third kappa shape index (κ3) is 3.45. The number of halogens is 1. The molecule has 3 aromatic heterocycles. The number of rotatable bonds is 4. The van der Waals surface area contributed by atoms with E-state index >= 15 is 0 Å². The summed E-state index contributed by atoms with van der Waals surface area (Å²) in [6.07, 6.45) is 10.5. The van der Waals surface area contributed by atoms with E-state index in [2.05, 4.69) is 27.7 Å². The van der Waals surface area contributed by atoms with Crippen molar-refractivity contribution >= 4 is 23.2 Å². The summed E-state index contributed by atoms with van der Waals surface area (Å²) in [5.41, 5.74) is 4.15. The first-order valence-electron chi connectivity index (χ1n) is 10.4. The largest absolute Gasteiger partial charge is 0.493 e. The normalized spacial score (nSPS) is 17.9. The van der Waals surface area contributed by atoms with Crippen molar-refractivity contribution < 1.29 is 9.53 Å². The van der Waals surface area contributed by atoms with Crippen molar-refractivity contribution in [2.24, 2.45) is 0 Å². The topological polar surface area (TPSA) is 73.5 Å². The third-order valence-electron chi connectivity index (χ3n) is 5.86. The number of benzene rings is 1. The molecule has 0 saturated heterocycles. The number of ether oxygens (including phenoxy) is 1. The van der Waals surface area contributed by atoms with Gasteiger partial charge in [-0.25, -0.2) is 4.98 Å². The van der Waals surface area contributed by atoms with Gasteiger partial charge in [-0.3, -0.25) is 9.48 Å². The summed E-state index contributed by atoms with van der Waals surface area (Å²) in [4.78, 5) is 17.4. The van der Waals surface area contributed by atoms with Crippen molar-refractivity contribution in [3.05, 3.63) is 71.4 Å². The van der Waals surface area contributed by atoms with Crippen LogP contribution in [0.4, 0.5) is 0 Å². The number of nitrogens with one attached hydrogen (secondary N) is 1. The van der Waals surface area contributed by atoms with E-state index in [4.69, 9.17) is 16.3 Å². The molecule has 4 aromatic rings. The predicted octanol–water partition coefficient (Wildman–Crippen LogP) is 4.44. The highest BCUT2D eigenvalue weighted by Crippen LogP contribution is 2.38. The Labute approximate surface area is 183 Å². The van der Waals surface area contributed by atoms with Gasteiger partial charge in [0.1, 0.15) is 17.1 Å². The van der Waals surface area contributed by atoms with Crippen LogP contribution in [0.2, 0.25) is 5.02 Å². The zero-order chi connectivity index (χ0) is 20.9. The molecular weight excluding hydrogens is 414 g/mol. The second-order valence-electron chi connectivity index (χ2n) is 8.09. The van der Waals surface area contributed by atoms with Crippen LogP contribution in [0.25, 0.3) is 16.8 Å². The molecule has 1 aliphatic heterocycles. The van der Waals surface area contributed by atoms with Crippen LogP contribution in [0.15, 0.2) is 55.1 Å². The molecule has 1 atom stereocenters. The summed E-state index contributed by atoms with van der Waals surface area (Å²) in [5.74, 6) is 0.585. The highest BCUT2D eigenvalue weighted by molar-refractivity contribution is 6.30. The molecule has 0 radical (unpaired) electrons. The summed E-state index contributed by atoms with van der Waals surface area (Å²) < 4.78 is 9.64. The van der Waals surface area contributed by atoms with Crippen molar-refractivity contribution in [1.82, 2.24) is 24.5 Å². The summed E-state index contributed by atoms with van der Waals surface area (Å²) in [5, 5.41) is 8.22. The molecule has 4 heterocycles. The number of imidazole rings is 1. The number of pyridine rings is 1. The SMILES string of the molecule is O=C(NC1CCOc2ccc(-c3cnn(C4CC4)c3)cc21)c1cn2cc(Cl)ccc2n1. The standard InChI is InChI=1S/C23H20ClN5O2/c24-16-2-6-22-26-20(13-28(22)12-16)23(30)27-19-7-8-31-21-5-1-14(9-18(19)21)15-10-25-29(11-15)17-3-4-17/h1-2,5-6,9-13,17,19H,3-4,7-8H2,(H,27,30). The minimum absolute atomic E-state index is 0.150. The Kier molecular flexibility index (Phi) is 4.24. The number of carbonyl (C=O) groups excluding carboxylic acids is 1. The van der Waals surface area contributed by atoms with Gasteiger partial charge >= 0.3 is 0 Å². The number of hydrogen-bond acceptors (Lipinski definition) is 4. The molecule has 8 heteroatoms. The molecule has 31 heavy (non-hydrogen) atoms. The highest BCUT2D eigenvalue weighted by Gasteiger charge is 2.27. The third-order valence-corrected chi connectivity index (χ3v) is 6.08. The fourth-order valence-electron chi connectivity index (χ4n) is 4.06. The van der Waals surface area contributed by atoms with Crippen LogP contribution in [0.1, 0.15) is 47.4 Å². The molecule has 0 spiro atoms. The summed E-state index contributed by atoms with van der Waals surface area (Å²) in [6.45, 7) is 0.553. The van der Waals surface area contributed by atoms with Crippen molar-refractivity contribution in [2.75, 3.05) is 6.61 Å². The molecule has 0 bridgehead atoms. The molecule has 1 N–H and O–H groups in total. The molecule has 156 valence electrons. The first-order chi connectivity index (χ1) is 15.1. The fraction of sp³-hybridized carbons (Fsp3) is 0.261. The molecule has 2 aliphatic rings. The van der Waals surface area contributed by atoms with E-state index in [0.29, 0.717) is 35.4 Å². The van der Waals surface area contributed by atoms with E-state index in [1.165, 1.54) is 12.8 Å². The summed E-state index contributed by atoms with van der Waals surface area (Å²) in [6, 6.07) is 10.1. The Bertz CT molecular complexity index is 1310. The lowest BCUT2D eigenvalue weighted by Gasteiger charge is -2.27. The number of hydrogen-bond donors (Lipinski definition) is 1. The van der Waals surface area contributed by atoms with E-state index in [-0.39, 0.29) is 11.9 Å². The molecule has 1 unspecified atom stereocenters. The van der Waals surface area contributed by atoms with Gasteiger partial charge in [0.15, 0.2) is 0 Å². The molecule has 1 amide bonds. The first kappa shape index (κ1) is 18.4. The highest BCUT2D eigenvalue weighted by atomic mass is 35.5. The number of fused-ring (bicyclic) bond motifs is 2. The van der Waals surface area contributed by atoms with Crippen molar-refractivity contribution in [3.63, 3.8) is 0 Å². The summed E-state index contributed by atoms with van der Waals surface area (Å²) >= 11 is 6.04. The van der Waals surface area contributed by atoms with Gasteiger partial charge < -0.3 is 14.5 Å². The van der Waals surface area contributed by atoms with Crippen LogP contribution in [0.5, 0.6) is 5.75 Å². The van der Waals surface area contributed by atoms with E-state index in [1.807, 2.05) is 23.0 Å². The lowest BCUT2D eigenvalue weighted by molar-refractivity contribution is 0.0920. The minimum Gasteiger partial charge on any atom is -0.493 e. The Morgan fingerprint density at radius 3 is 2.87 bits per heavy atom. The van der Waals surface area contributed by atoms with Gasteiger partial charge in [0, 0.05) is 36.1 Å². The van der Waals surface area contributed by atoms with E-state index in [1.54, 1.807) is 28.9 Å². The smallest absolute Gasteiger partial charge is 0.271 e. The molecule has 1 saturated carbocycles. The second-order valence-corrected chi connectivity index (χ2v) is 8.53. The van der Waals surface area contributed by atoms with Gasteiger partial charge in [0.25, 0.3) is 5.91 Å². The average molecular weight is 434 g/mol. The average Bonchev–Trinajstić information content (AvgIpc) is 3.35. The maximum atomic E-state index is 12.9. The van der Waals surface area contributed by atoms with Gasteiger partial charge in [-0.05, 0) is 42.7 Å². The lowest BCUT2D eigenvalue weighted by Crippen LogP contribution is -2.32. The van der Waals surface area contributed by atoms with Crippen LogP contribution in [-0.4, -0.2) is 31.7 Å². The second kappa shape index (κ2) is 7.13. The zero-order valence-electron chi connectivity index (χ0n) is 16.7.